The van der Waals surface area contributed by atoms with Crippen LogP contribution in [0.25, 0.3) is 0 Å². The van der Waals surface area contributed by atoms with Crippen LogP contribution in [0.5, 0.6) is 0 Å². The molecule has 2 amide bonds. The number of carbonyl (C=O) groups is 2. The molecule has 0 radical (unpaired) electrons. The summed E-state index contributed by atoms with van der Waals surface area (Å²) < 4.78 is 0. The quantitative estimate of drug-likeness (QED) is 0.396. The fourth-order valence-corrected chi connectivity index (χ4v) is 2.65. The van der Waals surface area contributed by atoms with Gasteiger partial charge in [-0.3, -0.25) is 9.59 Å². The molecule has 1 aliphatic rings. The molecule has 0 saturated heterocycles. The number of hydrogen-bond acceptors (Lipinski definition) is 4. The molecule has 0 unspecified atom stereocenters. The van der Waals surface area contributed by atoms with Gasteiger partial charge in [0.05, 0.1) is 17.1 Å². The summed E-state index contributed by atoms with van der Waals surface area (Å²) in [5, 5.41) is 9.50. The van der Waals surface area contributed by atoms with Gasteiger partial charge in [-0.05, 0) is 25.0 Å². The largest absolute Gasteiger partial charge is 0.384 e. The van der Waals surface area contributed by atoms with E-state index in [1.807, 2.05) is 0 Å². The van der Waals surface area contributed by atoms with E-state index in [4.69, 9.17) is 22.2 Å². The maximum absolute atomic E-state index is 11.8. The Morgan fingerprint density at radius 1 is 1.25 bits per heavy atom. The molecule has 2 rings (SSSR count). The first-order valence-electron chi connectivity index (χ1n) is 7.82. The van der Waals surface area contributed by atoms with Crippen molar-refractivity contribution >= 4 is 34.9 Å². The van der Waals surface area contributed by atoms with Crippen molar-refractivity contribution < 1.29 is 14.4 Å². The van der Waals surface area contributed by atoms with E-state index in [9.17, 15) is 9.59 Å². The van der Waals surface area contributed by atoms with Crippen LogP contribution < -0.4 is 16.4 Å². The van der Waals surface area contributed by atoms with E-state index in [-0.39, 0.29) is 36.7 Å². The van der Waals surface area contributed by atoms with Crippen molar-refractivity contribution in [3.8, 4) is 0 Å². The van der Waals surface area contributed by atoms with Crippen LogP contribution in [0.1, 0.15) is 32.1 Å². The Bertz CT molecular complexity index is 615. The number of carbonyl (C=O) groups excluding carboxylic acids is 2. The number of amidine groups is 1. The third kappa shape index (κ3) is 6.08. The van der Waals surface area contributed by atoms with E-state index in [2.05, 4.69) is 15.8 Å². The number of benzene rings is 1. The van der Waals surface area contributed by atoms with Crippen molar-refractivity contribution in [2.45, 2.75) is 38.1 Å². The van der Waals surface area contributed by atoms with Crippen LogP contribution >= 0.6 is 11.6 Å². The monoisotopic (exact) mass is 352 g/mol. The second-order valence-corrected chi connectivity index (χ2v) is 6.02. The summed E-state index contributed by atoms with van der Waals surface area (Å²) in [5.41, 5.74) is 6.11. The van der Waals surface area contributed by atoms with Crippen molar-refractivity contribution in [3.63, 3.8) is 0 Å². The minimum Gasteiger partial charge on any atom is -0.384 e. The van der Waals surface area contributed by atoms with Crippen LogP contribution in [0, 0.1) is 0 Å². The number of para-hydroxylation sites is 1. The highest BCUT2D eigenvalue weighted by Gasteiger charge is 2.17. The lowest BCUT2D eigenvalue weighted by atomic mass is 10.2. The van der Waals surface area contributed by atoms with Gasteiger partial charge < -0.3 is 21.2 Å². The van der Waals surface area contributed by atoms with E-state index in [0.29, 0.717) is 10.7 Å². The molecule has 1 aliphatic carbocycles. The molecular formula is C16H21ClN4O3. The Morgan fingerprint density at radius 2 is 1.96 bits per heavy atom. The first-order chi connectivity index (χ1) is 11.5. The number of oxime groups is 1. The molecule has 0 spiro atoms. The van der Waals surface area contributed by atoms with Gasteiger partial charge in [-0.2, -0.15) is 0 Å². The average molecular weight is 353 g/mol. The molecule has 0 heterocycles. The summed E-state index contributed by atoms with van der Waals surface area (Å²) in [6.45, 7) is -0.219. The SMILES string of the molecule is NC(CC(=O)Nc1ccccc1Cl)=NOCC(=O)NC1CCCC1. The van der Waals surface area contributed by atoms with Gasteiger partial charge in [-0.1, -0.05) is 41.7 Å². The Hall–Kier alpha value is -2.28. The van der Waals surface area contributed by atoms with Gasteiger partial charge in [-0.25, -0.2) is 0 Å². The molecule has 8 heteroatoms. The van der Waals surface area contributed by atoms with Gasteiger partial charge in [0, 0.05) is 6.04 Å². The topological polar surface area (TPSA) is 106 Å². The lowest BCUT2D eigenvalue weighted by molar-refractivity contribution is -0.126. The molecule has 0 atom stereocenters. The smallest absolute Gasteiger partial charge is 0.260 e. The number of nitrogens with zero attached hydrogens (tertiary/aromatic N) is 1. The fourth-order valence-electron chi connectivity index (χ4n) is 2.47. The molecule has 0 aromatic heterocycles. The standard InChI is InChI=1S/C16H21ClN4O3/c17-12-7-3-4-8-13(12)20-15(22)9-14(18)21-24-10-16(23)19-11-5-1-2-6-11/h3-4,7-8,11H,1-2,5-6,9-10H2,(H2,18,21)(H,19,23)(H,20,22). The number of amides is 2. The van der Waals surface area contributed by atoms with Gasteiger partial charge in [0.1, 0.15) is 5.84 Å². The van der Waals surface area contributed by atoms with E-state index in [1.54, 1.807) is 24.3 Å². The Morgan fingerprint density at radius 3 is 2.67 bits per heavy atom. The molecule has 1 aromatic rings. The van der Waals surface area contributed by atoms with Gasteiger partial charge in [0.2, 0.25) is 5.91 Å². The predicted octanol–water partition coefficient (Wildman–Crippen LogP) is 2.02. The van der Waals surface area contributed by atoms with E-state index >= 15 is 0 Å². The number of halogens is 1. The molecule has 4 N–H and O–H groups in total. The number of nitrogens with one attached hydrogen (secondary N) is 2. The zero-order valence-electron chi connectivity index (χ0n) is 13.3. The first-order valence-corrected chi connectivity index (χ1v) is 8.20. The van der Waals surface area contributed by atoms with Crippen LogP contribution in [0.4, 0.5) is 5.69 Å². The minimum absolute atomic E-state index is 0.0202. The van der Waals surface area contributed by atoms with Gasteiger partial charge in [0.15, 0.2) is 6.61 Å². The average Bonchev–Trinajstić information content (AvgIpc) is 3.02. The molecule has 1 fully saturated rings. The normalized spacial score (nSPS) is 15.1. The molecule has 1 saturated carbocycles. The van der Waals surface area contributed by atoms with Crippen molar-refractivity contribution in [2.24, 2.45) is 10.9 Å². The Labute approximate surface area is 145 Å². The van der Waals surface area contributed by atoms with Crippen LogP contribution in [0.2, 0.25) is 5.02 Å². The maximum Gasteiger partial charge on any atom is 0.260 e. The molecule has 24 heavy (non-hydrogen) atoms. The summed E-state index contributed by atoms with van der Waals surface area (Å²) in [5.74, 6) is -0.629. The second kappa shape index (κ2) is 9.12. The molecule has 0 bridgehead atoms. The molecule has 7 nitrogen and oxygen atoms in total. The van der Waals surface area contributed by atoms with E-state index < -0.39 is 0 Å². The van der Waals surface area contributed by atoms with Gasteiger partial charge in [0.25, 0.3) is 5.91 Å². The number of anilines is 1. The summed E-state index contributed by atoms with van der Waals surface area (Å²) >= 11 is 5.95. The fraction of sp³-hybridized carbons (Fsp3) is 0.438. The Kier molecular flexibility index (Phi) is 6.87. The minimum atomic E-state index is -0.372. The number of nitrogens with two attached hydrogens (primary N) is 1. The highest BCUT2D eigenvalue weighted by atomic mass is 35.5. The van der Waals surface area contributed by atoms with E-state index in [1.165, 1.54) is 0 Å². The van der Waals surface area contributed by atoms with Crippen LogP contribution in [0.3, 0.4) is 0 Å². The molecule has 0 aliphatic heterocycles. The van der Waals surface area contributed by atoms with Crippen LogP contribution in [0.15, 0.2) is 29.4 Å². The third-order valence-electron chi connectivity index (χ3n) is 3.59. The number of rotatable bonds is 7. The summed E-state index contributed by atoms with van der Waals surface area (Å²) in [6, 6.07) is 7.09. The van der Waals surface area contributed by atoms with E-state index in [0.717, 1.165) is 25.7 Å². The second-order valence-electron chi connectivity index (χ2n) is 5.61. The molecule has 1 aromatic carbocycles. The maximum atomic E-state index is 11.8. The highest BCUT2D eigenvalue weighted by Crippen LogP contribution is 2.20. The third-order valence-corrected chi connectivity index (χ3v) is 3.92. The van der Waals surface area contributed by atoms with Crippen LogP contribution in [-0.4, -0.2) is 30.3 Å². The first kappa shape index (κ1) is 18.1. The lowest BCUT2D eigenvalue weighted by Crippen LogP contribution is -2.35. The predicted molar refractivity (Wildman–Crippen MR) is 92.7 cm³/mol. The summed E-state index contributed by atoms with van der Waals surface area (Å²) in [7, 11) is 0. The highest BCUT2D eigenvalue weighted by molar-refractivity contribution is 6.33. The summed E-state index contributed by atoms with van der Waals surface area (Å²) in [4.78, 5) is 28.4. The van der Waals surface area contributed by atoms with Crippen molar-refractivity contribution in [1.29, 1.82) is 0 Å². The summed E-state index contributed by atoms with van der Waals surface area (Å²) in [6.07, 6.45) is 4.11. The zero-order valence-corrected chi connectivity index (χ0v) is 14.0. The van der Waals surface area contributed by atoms with Crippen LogP contribution in [-0.2, 0) is 14.4 Å². The van der Waals surface area contributed by atoms with Crippen molar-refractivity contribution in [3.05, 3.63) is 29.3 Å². The molecular weight excluding hydrogens is 332 g/mol. The van der Waals surface area contributed by atoms with Gasteiger partial charge >= 0.3 is 0 Å². The zero-order chi connectivity index (χ0) is 17.4. The Balaban J connectivity index is 1.70. The van der Waals surface area contributed by atoms with Crippen molar-refractivity contribution in [2.75, 3.05) is 11.9 Å². The van der Waals surface area contributed by atoms with Crippen molar-refractivity contribution in [1.82, 2.24) is 5.32 Å². The number of hydrogen-bond donors (Lipinski definition) is 3. The molecule has 130 valence electrons. The lowest BCUT2D eigenvalue weighted by Gasteiger charge is -2.11. The van der Waals surface area contributed by atoms with Gasteiger partial charge in [-0.15, -0.1) is 0 Å².